The molecule has 1 aliphatic carbocycles. The molecule has 0 spiro atoms. The normalized spacial score (nSPS) is 16.2. The summed E-state index contributed by atoms with van der Waals surface area (Å²) in [6, 6.07) is 7.17. The van der Waals surface area contributed by atoms with Gasteiger partial charge in [0.2, 0.25) is 0 Å². The first kappa shape index (κ1) is 20.9. The zero-order chi connectivity index (χ0) is 19.7. The molecule has 0 amide bonds. The van der Waals surface area contributed by atoms with Gasteiger partial charge in [-0.2, -0.15) is 0 Å². The number of anilines is 1. The molecule has 146 valence electrons. The van der Waals surface area contributed by atoms with E-state index in [2.05, 4.69) is 10.3 Å². The van der Waals surface area contributed by atoms with Crippen LogP contribution in [0.4, 0.5) is 11.4 Å². The highest BCUT2D eigenvalue weighted by atomic mass is 16.5. The predicted molar refractivity (Wildman–Crippen MR) is 103 cm³/mol. The summed E-state index contributed by atoms with van der Waals surface area (Å²) in [5.74, 6) is -0.494. The zero-order valence-electron chi connectivity index (χ0n) is 15.1. The number of nitrogens with one attached hydrogen (secondary N) is 1. The maximum atomic E-state index is 12.3. The average molecular weight is 375 g/mol. The number of Topliss-reactive ketones (excluding diaryl/α,β-unsaturated/α-hetero) is 1. The van der Waals surface area contributed by atoms with Crippen LogP contribution in [0.25, 0.3) is 0 Å². The molecule has 0 fully saturated rings. The lowest BCUT2D eigenvalue weighted by Crippen LogP contribution is -2.47. The lowest BCUT2D eigenvalue weighted by Gasteiger charge is -2.42. The van der Waals surface area contributed by atoms with E-state index in [1.54, 1.807) is 12.1 Å². The van der Waals surface area contributed by atoms with Crippen molar-refractivity contribution >= 4 is 28.7 Å². The Balaban J connectivity index is 1.85. The number of nitrogens with zero attached hydrogens (tertiary/aromatic N) is 2. The molecule has 2 rings (SSSR count). The van der Waals surface area contributed by atoms with Gasteiger partial charge < -0.3 is 25.4 Å². The first-order chi connectivity index (χ1) is 13.0. The highest BCUT2D eigenvalue weighted by Crippen LogP contribution is 2.18. The summed E-state index contributed by atoms with van der Waals surface area (Å²) in [6.45, 7) is 0.644. The van der Waals surface area contributed by atoms with Gasteiger partial charge in [-0.15, -0.1) is 0 Å². The summed E-state index contributed by atoms with van der Waals surface area (Å²) in [7, 11) is 0. The van der Waals surface area contributed by atoms with Crippen molar-refractivity contribution < 1.29 is 24.4 Å². The minimum absolute atomic E-state index is 0.0777. The topological polar surface area (TPSA) is 122 Å². The smallest absolute Gasteiger partial charge is 0.188 e. The van der Waals surface area contributed by atoms with Crippen LogP contribution in [-0.2, 0) is 9.59 Å². The maximum absolute atomic E-state index is 12.3. The van der Waals surface area contributed by atoms with Crippen molar-refractivity contribution in [2.75, 3.05) is 44.7 Å². The van der Waals surface area contributed by atoms with E-state index in [0.29, 0.717) is 25.2 Å². The van der Waals surface area contributed by atoms with E-state index in [4.69, 9.17) is 10.2 Å². The summed E-state index contributed by atoms with van der Waals surface area (Å²) in [4.78, 5) is 27.2. The number of ketones is 2. The molecule has 0 heterocycles. The zero-order valence-corrected chi connectivity index (χ0v) is 15.1. The molecular formula is C19H25N3O5. The van der Waals surface area contributed by atoms with Crippen molar-refractivity contribution in [1.29, 1.82) is 0 Å². The number of benzene rings is 1. The Kier molecular flexibility index (Phi) is 7.81. The van der Waals surface area contributed by atoms with Gasteiger partial charge in [-0.3, -0.25) is 9.59 Å². The number of quaternary nitrogens is 1. The molecule has 0 aliphatic heterocycles. The SMILES string of the molecule is O=C1C=CC(=Nc2ccc(NCCC[N+]([O-])(CCO)CCO)cc2)C(=O)C1. The maximum Gasteiger partial charge on any atom is 0.188 e. The lowest BCUT2D eigenvalue weighted by atomic mass is 10.0. The van der Waals surface area contributed by atoms with Crippen LogP contribution < -0.4 is 5.32 Å². The van der Waals surface area contributed by atoms with E-state index in [9.17, 15) is 14.8 Å². The average Bonchev–Trinajstić information content (AvgIpc) is 2.63. The molecular weight excluding hydrogens is 350 g/mol. The fourth-order valence-electron chi connectivity index (χ4n) is 2.76. The molecule has 1 aromatic rings. The van der Waals surface area contributed by atoms with Gasteiger partial charge in [-0.05, 0) is 36.4 Å². The number of hydroxylamine groups is 3. The molecule has 0 radical (unpaired) electrons. The van der Waals surface area contributed by atoms with Crippen molar-refractivity contribution in [2.45, 2.75) is 12.8 Å². The summed E-state index contributed by atoms with van der Waals surface area (Å²) >= 11 is 0. The van der Waals surface area contributed by atoms with Crippen LogP contribution in [0.2, 0.25) is 0 Å². The second kappa shape index (κ2) is 10.1. The third kappa shape index (κ3) is 6.69. The van der Waals surface area contributed by atoms with E-state index in [1.807, 2.05) is 12.1 Å². The van der Waals surface area contributed by atoms with Crippen LogP contribution >= 0.6 is 0 Å². The van der Waals surface area contributed by atoms with Gasteiger partial charge in [0.1, 0.15) is 18.8 Å². The molecule has 0 bridgehead atoms. The largest absolute Gasteiger partial charge is 0.633 e. The Morgan fingerprint density at radius 2 is 1.70 bits per heavy atom. The summed E-state index contributed by atoms with van der Waals surface area (Å²) in [5, 5.41) is 33.5. The standard InChI is InChI=1S/C19H25N3O5/c23-12-10-22(27,11-13-24)9-1-8-20-15-2-4-16(5-3-15)21-18-7-6-17(25)14-19(18)26/h2-7,20,23-24H,1,8-14H2. The summed E-state index contributed by atoms with van der Waals surface area (Å²) in [5.41, 5.74) is 1.74. The second-order valence-electron chi connectivity index (χ2n) is 6.40. The van der Waals surface area contributed by atoms with Crippen LogP contribution in [-0.4, -0.2) is 71.5 Å². The molecule has 8 nitrogen and oxygen atoms in total. The second-order valence-corrected chi connectivity index (χ2v) is 6.40. The molecule has 0 saturated carbocycles. The van der Waals surface area contributed by atoms with Crippen molar-refractivity contribution in [1.82, 2.24) is 0 Å². The van der Waals surface area contributed by atoms with Gasteiger partial charge in [-0.25, -0.2) is 4.99 Å². The van der Waals surface area contributed by atoms with Crippen LogP contribution in [0.1, 0.15) is 12.8 Å². The van der Waals surface area contributed by atoms with Crippen LogP contribution in [0, 0.1) is 5.21 Å². The molecule has 0 aromatic heterocycles. The number of aliphatic hydroxyl groups is 2. The Morgan fingerprint density at radius 1 is 1.04 bits per heavy atom. The van der Waals surface area contributed by atoms with Crippen molar-refractivity contribution in [2.24, 2.45) is 4.99 Å². The predicted octanol–water partition coefficient (Wildman–Crippen LogP) is 0.958. The fraction of sp³-hybridized carbons (Fsp3) is 0.421. The Labute approximate surface area is 158 Å². The minimum Gasteiger partial charge on any atom is -0.633 e. The van der Waals surface area contributed by atoms with Gasteiger partial charge >= 0.3 is 0 Å². The molecule has 0 saturated heterocycles. The molecule has 0 atom stereocenters. The van der Waals surface area contributed by atoms with Crippen molar-refractivity contribution in [3.05, 3.63) is 41.6 Å². The Hall–Kier alpha value is -2.39. The van der Waals surface area contributed by atoms with E-state index >= 15 is 0 Å². The quantitative estimate of drug-likeness (QED) is 0.242. The number of hydrogen-bond donors (Lipinski definition) is 3. The van der Waals surface area contributed by atoms with Crippen molar-refractivity contribution in [3.8, 4) is 0 Å². The van der Waals surface area contributed by atoms with Crippen LogP contribution in [0.15, 0.2) is 41.4 Å². The van der Waals surface area contributed by atoms with E-state index in [0.717, 1.165) is 5.69 Å². The van der Waals surface area contributed by atoms with E-state index < -0.39 is 4.65 Å². The number of carbonyl (C=O) groups excluding carboxylic acids is 2. The number of hydrogen-bond acceptors (Lipinski definition) is 7. The number of rotatable bonds is 10. The fourth-order valence-corrected chi connectivity index (χ4v) is 2.76. The molecule has 27 heavy (non-hydrogen) atoms. The van der Waals surface area contributed by atoms with Gasteiger partial charge in [0, 0.05) is 18.7 Å². The number of aliphatic hydroxyl groups excluding tert-OH is 2. The Bertz CT molecular complexity index is 707. The number of allylic oxidation sites excluding steroid dienone is 2. The molecule has 1 aliphatic rings. The first-order valence-corrected chi connectivity index (χ1v) is 8.91. The molecule has 3 N–H and O–H groups in total. The van der Waals surface area contributed by atoms with E-state index in [1.165, 1.54) is 12.2 Å². The highest BCUT2D eigenvalue weighted by molar-refractivity contribution is 6.49. The summed E-state index contributed by atoms with van der Waals surface area (Å²) < 4.78 is -0.602. The van der Waals surface area contributed by atoms with Gasteiger partial charge in [0.25, 0.3) is 0 Å². The minimum atomic E-state index is -0.602. The molecule has 1 aromatic carbocycles. The van der Waals surface area contributed by atoms with Gasteiger partial charge in [0.05, 0.1) is 31.9 Å². The third-order valence-electron chi connectivity index (χ3n) is 4.25. The first-order valence-electron chi connectivity index (χ1n) is 8.91. The Morgan fingerprint density at radius 3 is 2.30 bits per heavy atom. The van der Waals surface area contributed by atoms with Crippen molar-refractivity contribution in [3.63, 3.8) is 0 Å². The van der Waals surface area contributed by atoms with Crippen LogP contribution in [0.5, 0.6) is 0 Å². The monoisotopic (exact) mass is 375 g/mol. The van der Waals surface area contributed by atoms with Gasteiger partial charge in [0.15, 0.2) is 11.6 Å². The highest BCUT2D eigenvalue weighted by Gasteiger charge is 2.17. The summed E-state index contributed by atoms with van der Waals surface area (Å²) in [6.07, 6.45) is 3.26. The van der Waals surface area contributed by atoms with E-state index in [-0.39, 0.29) is 50.0 Å². The van der Waals surface area contributed by atoms with Gasteiger partial charge in [-0.1, -0.05) is 0 Å². The number of carbonyl (C=O) groups is 2. The lowest BCUT2D eigenvalue weighted by molar-refractivity contribution is -0.881. The number of aliphatic imine (C=N–C) groups is 1. The molecule has 0 unspecified atom stereocenters. The third-order valence-corrected chi connectivity index (χ3v) is 4.25. The van der Waals surface area contributed by atoms with Crippen LogP contribution in [0.3, 0.4) is 0 Å². The molecule has 8 heteroatoms.